The number of H-pyrrole nitrogens is 1. The van der Waals surface area contributed by atoms with Gasteiger partial charge in [-0.25, -0.2) is 4.98 Å². The van der Waals surface area contributed by atoms with Gasteiger partial charge in [0, 0.05) is 17.2 Å². The number of benzene rings is 1. The Morgan fingerprint density at radius 3 is 2.64 bits per heavy atom. The number of anilines is 1. The summed E-state index contributed by atoms with van der Waals surface area (Å²) in [7, 11) is 0. The molecule has 0 aliphatic heterocycles. The molecule has 0 atom stereocenters. The fourth-order valence-electron chi connectivity index (χ4n) is 2.48. The van der Waals surface area contributed by atoms with Gasteiger partial charge in [0.05, 0.1) is 16.2 Å². The first-order chi connectivity index (χ1) is 10.1. The van der Waals surface area contributed by atoms with E-state index in [0.717, 1.165) is 34.1 Å². The summed E-state index contributed by atoms with van der Waals surface area (Å²) in [6, 6.07) is 10.6. The molecule has 1 aromatic carbocycles. The first-order valence-corrected chi connectivity index (χ1v) is 7.05. The molecule has 114 valence electrons. The van der Waals surface area contributed by atoms with E-state index in [9.17, 15) is 4.79 Å². The van der Waals surface area contributed by atoms with E-state index in [1.54, 1.807) is 12.1 Å². The smallest absolute Gasteiger partial charge is 0.248 e. The van der Waals surface area contributed by atoms with Crippen LogP contribution in [-0.4, -0.2) is 9.97 Å². The zero-order chi connectivity index (χ0) is 15.0. The normalized spacial score (nSPS) is 10.5. The lowest BCUT2D eigenvalue weighted by molar-refractivity contribution is 1.04. The van der Waals surface area contributed by atoms with Crippen molar-refractivity contribution in [3.05, 3.63) is 57.5 Å². The van der Waals surface area contributed by atoms with Gasteiger partial charge in [-0.1, -0.05) is 24.6 Å². The standard InChI is InChI=1S/C16H14ClN3O.ClH/c1-2-12-10(5-7-13(18)19-12)15-11(17)6-3-9-4-8-14(21)20-16(9)15;/h3-8H,2H2,1H3,(H2,18,19)(H,20,21);1H. The van der Waals surface area contributed by atoms with Gasteiger partial charge in [0.2, 0.25) is 5.56 Å². The summed E-state index contributed by atoms with van der Waals surface area (Å²) in [6.45, 7) is 2.01. The molecule has 4 nitrogen and oxygen atoms in total. The molecule has 3 N–H and O–H groups in total. The fourth-order valence-corrected chi connectivity index (χ4v) is 2.74. The van der Waals surface area contributed by atoms with Crippen LogP contribution in [0.4, 0.5) is 5.82 Å². The number of aromatic nitrogens is 2. The molecule has 0 bridgehead atoms. The minimum absolute atomic E-state index is 0. The molecule has 0 amide bonds. The lowest BCUT2D eigenvalue weighted by Gasteiger charge is -2.12. The Kier molecular flexibility index (Phi) is 4.74. The van der Waals surface area contributed by atoms with Crippen molar-refractivity contribution in [1.29, 1.82) is 0 Å². The Hall–Kier alpha value is -2.04. The van der Waals surface area contributed by atoms with Crippen LogP contribution in [0, 0.1) is 0 Å². The van der Waals surface area contributed by atoms with Gasteiger partial charge in [-0.05, 0) is 36.1 Å². The quantitative estimate of drug-likeness (QED) is 0.747. The van der Waals surface area contributed by atoms with Crippen LogP contribution in [-0.2, 0) is 6.42 Å². The summed E-state index contributed by atoms with van der Waals surface area (Å²) in [5.74, 6) is 0.473. The summed E-state index contributed by atoms with van der Waals surface area (Å²) in [5, 5.41) is 1.50. The molecule has 0 spiro atoms. The van der Waals surface area contributed by atoms with Crippen LogP contribution in [0.25, 0.3) is 22.0 Å². The minimum atomic E-state index is -0.160. The van der Waals surface area contributed by atoms with Gasteiger partial charge in [0.25, 0.3) is 0 Å². The van der Waals surface area contributed by atoms with E-state index in [1.807, 2.05) is 25.1 Å². The van der Waals surface area contributed by atoms with Crippen molar-refractivity contribution >= 4 is 40.7 Å². The van der Waals surface area contributed by atoms with Gasteiger partial charge in [-0.15, -0.1) is 12.4 Å². The average Bonchev–Trinajstić information content (AvgIpc) is 2.47. The highest BCUT2D eigenvalue weighted by atomic mass is 35.5. The van der Waals surface area contributed by atoms with E-state index in [1.165, 1.54) is 6.07 Å². The monoisotopic (exact) mass is 335 g/mol. The minimum Gasteiger partial charge on any atom is -0.384 e. The zero-order valence-corrected chi connectivity index (χ0v) is 13.5. The van der Waals surface area contributed by atoms with Crippen molar-refractivity contribution in [2.75, 3.05) is 5.73 Å². The Balaban J connectivity index is 0.00000176. The Morgan fingerprint density at radius 2 is 1.91 bits per heavy atom. The lowest BCUT2D eigenvalue weighted by atomic mass is 9.99. The van der Waals surface area contributed by atoms with Gasteiger partial charge < -0.3 is 10.7 Å². The molecule has 3 rings (SSSR count). The number of nitrogens with one attached hydrogen (secondary N) is 1. The number of rotatable bonds is 2. The largest absolute Gasteiger partial charge is 0.384 e. The maximum atomic E-state index is 11.7. The highest BCUT2D eigenvalue weighted by Crippen LogP contribution is 2.35. The molecule has 0 saturated carbocycles. The van der Waals surface area contributed by atoms with Crippen molar-refractivity contribution in [2.45, 2.75) is 13.3 Å². The number of fused-ring (bicyclic) bond motifs is 1. The van der Waals surface area contributed by atoms with E-state index in [0.29, 0.717) is 10.8 Å². The third kappa shape index (κ3) is 2.80. The number of hydrogen-bond acceptors (Lipinski definition) is 3. The number of aromatic amines is 1. The molecule has 2 heterocycles. The third-order valence-corrected chi connectivity index (χ3v) is 3.76. The second kappa shape index (κ2) is 6.38. The van der Waals surface area contributed by atoms with Crippen LogP contribution in [0.1, 0.15) is 12.6 Å². The Morgan fingerprint density at radius 1 is 1.18 bits per heavy atom. The molecule has 6 heteroatoms. The molecule has 22 heavy (non-hydrogen) atoms. The number of nitrogens with two attached hydrogens (primary N) is 1. The summed E-state index contributed by atoms with van der Waals surface area (Å²) < 4.78 is 0. The van der Waals surface area contributed by atoms with E-state index in [2.05, 4.69) is 9.97 Å². The summed E-state index contributed by atoms with van der Waals surface area (Å²) in [5.41, 5.74) is 8.85. The number of halogens is 2. The van der Waals surface area contributed by atoms with Crippen LogP contribution >= 0.6 is 24.0 Å². The van der Waals surface area contributed by atoms with Crippen molar-refractivity contribution in [3.8, 4) is 11.1 Å². The molecular formula is C16H15Cl2N3O. The van der Waals surface area contributed by atoms with Crippen molar-refractivity contribution in [3.63, 3.8) is 0 Å². The van der Waals surface area contributed by atoms with Crippen LogP contribution in [0.15, 0.2) is 41.2 Å². The van der Waals surface area contributed by atoms with E-state index >= 15 is 0 Å². The highest BCUT2D eigenvalue weighted by Gasteiger charge is 2.14. The number of aryl methyl sites for hydroxylation is 1. The van der Waals surface area contributed by atoms with E-state index in [4.69, 9.17) is 17.3 Å². The first-order valence-electron chi connectivity index (χ1n) is 6.67. The van der Waals surface area contributed by atoms with Gasteiger partial charge in [-0.3, -0.25) is 4.79 Å². The number of nitrogens with zero attached hydrogens (tertiary/aromatic N) is 1. The second-order valence-electron chi connectivity index (χ2n) is 4.79. The summed E-state index contributed by atoms with van der Waals surface area (Å²) in [4.78, 5) is 18.9. The number of hydrogen-bond donors (Lipinski definition) is 2. The topological polar surface area (TPSA) is 71.8 Å². The number of pyridine rings is 2. The average molecular weight is 336 g/mol. The van der Waals surface area contributed by atoms with Crippen LogP contribution in [0.3, 0.4) is 0 Å². The molecule has 0 unspecified atom stereocenters. The van der Waals surface area contributed by atoms with Crippen LogP contribution < -0.4 is 11.3 Å². The molecule has 0 radical (unpaired) electrons. The molecule has 3 aromatic rings. The Bertz CT molecular complexity index is 890. The van der Waals surface area contributed by atoms with Gasteiger partial charge >= 0.3 is 0 Å². The highest BCUT2D eigenvalue weighted by molar-refractivity contribution is 6.35. The molecular weight excluding hydrogens is 321 g/mol. The van der Waals surface area contributed by atoms with Crippen molar-refractivity contribution < 1.29 is 0 Å². The summed E-state index contributed by atoms with van der Waals surface area (Å²) in [6.07, 6.45) is 0.726. The second-order valence-corrected chi connectivity index (χ2v) is 5.20. The maximum Gasteiger partial charge on any atom is 0.248 e. The van der Waals surface area contributed by atoms with Crippen molar-refractivity contribution in [1.82, 2.24) is 9.97 Å². The maximum absolute atomic E-state index is 11.7. The summed E-state index contributed by atoms with van der Waals surface area (Å²) >= 11 is 6.38. The lowest BCUT2D eigenvalue weighted by Crippen LogP contribution is -2.04. The molecule has 2 aromatic heterocycles. The van der Waals surface area contributed by atoms with Crippen LogP contribution in [0.2, 0.25) is 5.02 Å². The van der Waals surface area contributed by atoms with Gasteiger partial charge in [-0.2, -0.15) is 0 Å². The Labute approximate surface area is 138 Å². The zero-order valence-electron chi connectivity index (χ0n) is 11.9. The predicted molar refractivity (Wildman–Crippen MR) is 93.8 cm³/mol. The molecule has 0 aliphatic carbocycles. The molecule has 0 aliphatic rings. The molecule has 0 saturated heterocycles. The van der Waals surface area contributed by atoms with E-state index in [-0.39, 0.29) is 18.0 Å². The van der Waals surface area contributed by atoms with Crippen molar-refractivity contribution in [2.24, 2.45) is 0 Å². The molecule has 0 fully saturated rings. The van der Waals surface area contributed by atoms with E-state index < -0.39 is 0 Å². The predicted octanol–water partition coefficient (Wildman–Crippen LogP) is 3.81. The third-order valence-electron chi connectivity index (χ3n) is 3.45. The van der Waals surface area contributed by atoms with Gasteiger partial charge in [0.15, 0.2) is 0 Å². The SMILES string of the molecule is CCc1nc(N)ccc1-c1c(Cl)ccc2ccc(=O)[nH]c12.Cl. The first kappa shape index (κ1) is 16.3. The number of nitrogen functional groups attached to an aromatic ring is 1. The fraction of sp³-hybridized carbons (Fsp3) is 0.125. The van der Waals surface area contributed by atoms with Crippen LogP contribution in [0.5, 0.6) is 0 Å². The van der Waals surface area contributed by atoms with Gasteiger partial charge in [0.1, 0.15) is 5.82 Å².